The van der Waals surface area contributed by atoms with Gasteiger partial charge in [0, 0.05) is 10.5 Å². The number of hydrogen-bond acceptors (Lipinski definition) is 2. The third-order valence-electron chi connectivity index (χ3n) is 2.70. The Hall–Kier alpha value is -1.25. The third-order valence-corrected chi connectivity index (χ3v) is 3.89. The molecule has 0 bridgehead atoms. The van der Waals surface area contributed by atoms with Crippen molar-refractivity contribution in [3.63, 3.8) is 0 Å². The van der Waals surface area contributed by atoms with Crippen molar-refractivity contribution in [1.29, 1.82) is 0 Å². The average Bonchev–Trinajstić information content (AvgIpc) is 2.47. The van der Waals surface area contributed by atoms with Gasteiger partial charge in [-0.15, -0.1) is 23.4 Å². The van der Waals surface area contributed by atoms with Crippen LogP contribution in [0.15, 0.2) is 59.5 Å². The van der Waals surface area contributed by atoms with E-state index in [0.717, 1.165) is 10.5 Å². The summed E-state index contributed by atoms with van der Waals surface area (Å²) in [5.41, 5.74) is 1.48. The largest absolute Gasteiger partial charge is 0.292 e. The molecule has 2 rings (SSSR count). The molecule has 18 heavy (non-hydrogen) atoms. The summed E-state index contributed by atoms with van der Waals surface area (Å²) in [6, 6.07) is 16.9. The molecule has 1 nitrogen and oxygen atoms in total. The van der Waals surface area contributed by atoms with Gasteiger partial charge in [0.25, 0.3) is 0 Å². The molecule has 3 heteroatoms. The van der Waals surface area contributed by atoms with Gasteiger partial charge in [0.15, 0.2) is 5.78 Å². The maximum Gasteiger partial charge on any atom is 0.185 e. The highest BCUT2D eigenvalue weighted by Crippen LogP contribution is 2.26. The molecule has 0 heterocycles. The highest BCUT2D eigenvalue weighted by Gasteiger charge is 2.18. The van der Waals surface area contributed by atoms with Crippen LogP contribution < -0.4 is 0 Å². The molecule has 1 atom stereocenters. The molecule has 0 spiro atoms. The smallest absolute Gasteiger partial charge is 0.185 e. The number of alkyl halides is 1. The number of carbonyl (C=O) groups excluding carboxylic acids is 1. The van der Waals surface area contributed by atoms with Gasteiger partial charge in [-0.1, -0.05) is 42.5 Å². The molecule has 2 aromatic rings. The van der Waals surface area contributed by atoms with Crippen molar-refractivity contribution in [3.05, 3.63) is 65.7 Å². The van der Waals surface area contributed by atoms with Gasteiger partial charge in [-0.2, -0.15) is 0 Å². The highest BCUT2D eigenvalue weighted by atomic mass is 35.5. The van der Waals surface area contributed by atoms with Crippen LogP contribution in [0.1, 0.15) is 21.3 Å². The molecule has 0 saturated carbocycles. The van der Waals surface area contributed by atoms with E-state index in [2.05, 4.69) is 0 Å². The van der Waals surface area contributed by atoms with E-state index in [1.54, 1.807) is 23.9 Å². The normalized spacial score (nSPS) is 12.1. The van der Waals surface area contributed by atoms with Crippen LogP contribution in [0, 0.1) is 0 Å². The number of Topliss-reactive ketones (excluding diaryl/α,β-unsaturated/α-hetero) is 1. The van der Waals surface area contributed by atoms with Crippen LogP contribution in [0.5, 0.6) is 0 Å². The molecule has 0 N–H and O–H groups in total. The van der Waals surface area contributed by atoms with Crippen LogP contribution in [0.4, 0.5) is 0 Å². The van der Waals surface area contributed by atoms with Gasteiger partial charge in [-0.3, -0.25) is 4.79 Å². The molecule has 0 aliphatic carbocycles. The van der Waals surface area contributed by atoms with Gasteiger partial charge in [0.2, 0.25) is 0 Å². The molecule has 1 unspecified atom stereocenters. The Morgan fingerprint density at radius 1 is 1.06 bits per heavy atom. The number of benzene rings is 2. The third kappa shape index (κ3) is 2.95. The van der Waals surface area contributed by atoms with Crippen molar-refractivity contribution in [2.75, 3.05) is 6.26 Å². The summed E-state index contributed by atoms with van der Waals surface area (Å²) in [5, 5.41) is -0.622. The molecule has 0 aliphatic rings. The lowest BCUT2D eigenvalue weighted by Gasteiger charge is -2.09. The molecule has 2 aromatic carbocycles. The van der Waals surface area contributed by atoms with E-state index in [9.17, 15) is 4.79 Å². The van der Waals surface area contributed by atoms with Gasteiger partial charge in [-0.05, 0) is 24.0 Å². The SMILES string of the molecule is CSc1ccc(C(Cl)C(=O)c2ccccc2)cc1. The van der Waals surface area contributed by atoms with Crippen molar-refractivity contribution < 1.29 is 4.79 Å². The zero-order valence-corrected chi connectivity index (χ0v) is 11.5. The van der Waals surface area contributed by atoms with Gasteiger partial charge < -0.3 is 0 Å². The summed E-state index contributed by atoms with van der Waals surface area (Å²) >= 11 is 7.90. The Labute approximate surface area is 116 Å². The fraction of sp³-hybridized carbons (Fsp3) is 0.133. The first kappa shape index (κ1) is 13.2. The van der Waals surface area contributed by atoms with E-state index < -0.39 is 5.38 Å². The minimum Gasteiger partial charge on any atom is -0.292 e. The second-order valence-corrected chi connectivity index (χ2v) is 5.18. The van der Waals surface area contributed by atoms with Crippen molar-refractivity contribution in [1.82, 2.24) is 0 Å². The fourth-order valence-corrected chi connectivity index (χ4v) is 2.35. The van der Waals surface area contributed by atoms with E-state index in [1.807, 2.05) is 48.7 Å². The van der Waals surface area contributed by atoms with Crippen LogP contribution >= 0.6 is 23.4 Å². The van der Waals surface area contributed by atoms with Crippen LogP contribution in [0.3, 0.4) is 0 Å². The molecule has 0 fully saturated rings. The number of thioether (sulfide) groups is 1. The maximum atomic E-state index is 12.2. The summed E-state index contributed by atoms with van der Waals surface area (Å²) in [4.78, 5) is 13.3. The summed E-state index contributed by atoms with van der Waals surface area (Å²) in [7, 11) is 0. The van der Waals surface area contributed by atoms with Gasteiger partial charge in [-0.25, -0.2) is 0 Å². The monoisotopic (exact) mass is 276 g/mol. The zero-order valence-electron chi connectivity index (χ0n) is 9.97. The number of ketones is 1. The highest BCUT2D eigenvalue weighted by molar-refractivity contribution is 7.98. The van der Waals surface area contributed by atoms with Crippen molar-refractivity contribution in [2.45, 2.75) is 10.3 Å². The fourth-order valence-electron chi connectivity index (χ4n) is 1.67. The van der Waals surface area contributed by atoms with E-state index in [0.29, 0.717) is 5.56 Å². The summed E-state index contributed by atoms with van der Waals surface area (Å²) in [5.74, 6) is -0.0610. The molecular weight excluding hydrogens is 264 g/mol. The Morgan fingerprint density at radius 3 is 2.22 bits per heavy atom. The standard InChI is InChI=1S/C15H13ClOS/c1-18-13-9-7-11(8-10-13)14(16)15(17)12-5-3-2-4-6-12/h2-10,14H,1H3. The van der Waals surface area contributed by atoms with Gasteiger partial charge >= 0.3 is 0 Å². The molecule has 0 amide bonds. The quantitative estimate of drug-likeness (QED) is 0.462. The first-order valence-corrected chi connectivity index (χ1v) is 7.26. The minimum absolute atomic E-state index is 0.0610. The van der Waals surface area contributed by atoms with Crippen LogP contribution in [-0.4, -0.2) is 12.0 Å². The van der Waals surface area contributed by atoms with E-state index in [4.69, 9.17) is 11.6 Å². The molecule has 0 radical (unpaired) electrons. The van der Waals surface area contributed by atoms with E-state index >= 15 is 0 Å². The molecule has 92 valence electrons. The van der Waals surface area contributed by atoms with Crippen LogP contribution in [-0.2, 0) is 0 Å². The number of hydrogen-bond donors (Lipinski definition) is 0. The first-order valence-electron chi connectivity index (χ1n) is 5.59. The molecule has 0 saturated heterocycles. The van der Waals surface area contributed by atoms with Crippen molar-refractivity contribution >= 4 is 29.1 Å². The Balaban J connectivity index is 2.20. The van der Waals surface area contributed by atoms with E-state index in [-0.39, 0.29) is 5.78 Å². The second kappa shape index (κ2) is 6.07. The molecule has 0 aromatic heterocycles. The lowest BCUT2D eigenvalue weighted by molar-refractivity contribution is 0.0987. The second-order valence-electron chi connectivity index (χ2n) is 3.87. The predicted molar refractivity (Wildman–Crippen MR) is 77.6 cm³/mol. The summed E-state index contributed by atoms with van der Waals surface area (Å²) in [6.07, 6.45) is 2.02. The predicted octanol–water partition coefficient (Wildman–Crippen LogP) is 4.57. The number of carbonyl (C=O) groups is 1. The Bertz CT molecular complexity index is 522. The Kier molecular flexibility index (Phi) is 4.45. The Morgan fingerprint density at radius 2 is 1.67 bits per heavy atom. The topological polar surface area (TPSA) is 17.1 Å². The number of rotatable bonds is 4. The van der Waals surface area contributed by atoms with Crippen LogP contribution in [0.2, 0.25) is 0 Å². The molecule has 0 aliphatic heterocycles. The zero-order chi connectivity index (χ0) is 13.0. The first-order chi connectivity index (χ1) is 8.72. The maximum absolute atomic E-state index is 12.2. The van der Waals surface area contributed by atoms with E-state index in [1.165, 1.54) is 0 Å². The lowest BCUT2D eigenvalue weighted by atomic mass is 10.0. The average molecular weight is 277 g/mol. The lowest BCUT2D eigenvalue weighted by Crippen LogP contribution is -2.07. The summed E-state index contributed by atoms with van der Waals surface area (Å²) < 4.78 is 0. The van der Waals surface area contributed by atoms with Crippen molar-refractivity contribution in [2.24, 2.45) is 0 Å². The summed E-state index contributed by atoms with van der Waals surface area (Å²) in [6.45, 7) is 0. The van der Waals surface area contributed by atoms with Crippen LogP contribution in [0.25, 0.3) is 0 Å². The van der Waals surface area contributed by atoms with Crippen molar-refractivity contribution in [3.8, 4) is 0 Å². The minimum atomic E-state index is -0.622. The van der Waals surface area contributed by atoms with Gasteiger partial charge in [0.1, 0.15) is 5.38 Å². The van der Waals surface area contributed by atoms with Gasteiger partial charge in [0.05, 0.1) is 0 Å². The molecular formula is C15H13ClOS. The number of halogens is 1.